The molecule has 0 spiro atoms. The third kappa shape index (κ3) is 16.1. The summed E-state index contributed by atoms with van der Waals surface area (Å²) >= 11 is 6.57. The molecule has 16 rings (SSSR count). The molecule has 0 amide bonds. The van der Waals surface area contributed by atoms with Gasteiger partial charge in [0, 0.05) is 151 Å². The second-order valence-corrected chi connectivity index (χ2v) is 30.4. The number of H-pyrrole nitrogens is 4. The van der Waals surface area contributed by atoms with E-state index in [1.54, 1.807) is 45.3 Å². The minimum absolute atomic E-state index is 0.655. The van der Waals surface area contributed by atoms with E-state index in [4.69, 9.17) is 21.6 Å². The van der Waals surface area contributed by atoms with Crippen molar-refractivity contribution in [1.82, 2.24) is 39.5 Å². The number of hydrogen-bond acceptors (Lipinski definition) is 12. The van der Waals surface area contributed by atoms with Gasteiger partial charge >= 0.3 is 0 Å². The summed E-state index contributed by atoms with van der Waals surface area (Å²) in [5, 5.41) is 46.7. The Morgan fingerprint density at radius 1 is 0.375 bits per heavy atom. The first-order chi connectivity index (χ1) is 46.8. The van der Waals surface area contributed by atoms with Crippen LogP contribution in [-0.2, 0) is 25.7 Å². The molecule has 12 nitrogen and oxygen atoms in total. The number of nitrogens with one attached hydrogen (secondary N) is 8. The van der Waals surface area contributed by atoms with Crippen LogP contribution in [0, 0.1) is 21.6 Å². The number of fused-ring (bicyclic) bond motifs is 4. The van der Waals surface area contributed by atoms with Crippen LogP contribution in [0.3, 0.4) is 0 Å². The summed E-state index contributed by atoms with van der Waals surface area (Å²) in [5.41, 5.74) is 20.9. The van der Waals surface area contributed by atoms with Gasteiger partial charge in [-0.3, -0.25) is 0 Å². The largest absolute Gasteiger partial charge is 0.361 e. The molecule has 0 aliphatic carbocycles. The Bertz CT molecular complexity index is 4370. The van der Waals surface area contributed by atoms with E-state index in [1.165, 1.54) is 151 Å². The standard InChI is InChI=1S/2C20H23N3S.2C20H21N3S/c4*1-23-8-6-15(7-9-23)17-13-22-19-5-4-14(11-16(17)19)12-18(21)20-3-2-10-24-20/h2*2-5,10-11,13,15,21-22H,6-9,12H2,1H3;2*2-6,10-11,13,21-22H,7-9,12H2,1H3. The molecule has 4 aromatic carbocycles. The molecule has 2 saturated heterocycles. The molecular formula is C80H88N12S4. The number of hydrogen-bond donors (Lipinski definition) is 8. The van der Waals surface area contributed by atoms with Crippen LogP contribution in [0.25, 0.3) is 54.8 Å². The fourth-order valence-corrected chi connectivity index (χ4v) is 16.7. The smallest absolute Gasteiger partial charge is 0.0529 e. The van der Waals surface area contributed by atoms with Gasteiger partial charge in [-0.1, -0.05) is 60.7 Å². The third-order valence-corrected chi connectivity index (χ3v) is 23.4. The Balaban J connectivity index is 0.000000116. The number of thiophene rings is 4. The van der Waals surface area contributed by atoms with Gasteiger partial charge in [-0.15, -0.1) is 45.3 Å². The molecular weight excluding hydrogens is 1260 g/mol. The monoisotopic (exact) mass is 1340 g/mol. The van der Waals surface area contributed by atoms with Crippen molar-refractivity contribution in [1.29, 1.82) is 21.6 Å². The zero-order valence-electron chi connectivity index (χ0n) is 55.6. The third-order valence-electron chi connectivity index (χ3n) is 19.7. The minimum Gasteiger partial charge on any atom is -0.361 e. The van der Waals surface area contributed by atoms with Crippen LogP contribution >= 0.6 is 45.3 Å². The lowest BCUT2D eigenvalue weighted by Gasteiger charge is -2.28. The molecule has 0 saturated carbocycles. The van der Waals surface area contributed by atoms with E-state index < -0.39 is 0 Å². The molecule has 4 aliphatic heterocycles. The normalized spacial score (nSPS) is 16.2. The summed E-state index contributed by atoms with van der Waals surface area (Å²) in [5.74, 6) is 1.31. The van der Waals surface area contributed by atoms with E-state index in [1.807, 2.05) is 70.1 Å². The van der Waals surface area contributed by atoms with E-state index in [-0.39, 0.29) is 0 Å². The highest BCUT2D eigenvalue weighted by atomic mass is 32.1. The fraction of sp³-hybridized carbons (Fsp3) is 0.300. The lowest BCUT2D eigenvalue weighted by molar-refractivity contribution is 0.256. The van der Waals surface area contributed by atoms with E-state index in [0.717, 1.165) is 58.5 Å². The van der Waals surface area contributed by atoms with Gasteiger partial charge in [0.1, 0.15) is 0 Å². The molecule has 0 atom stereocenters. The van der Waals surface area contributed by atoms with Gasteiger partial charge < -0.3 is 61.2 Å². The van der Waals surface area contributed by atoms with Gasteiger partial charge in [-0.25, -0.2) is 0 Å². The molecule has 2 fully saturated rings. The van der Waals surface area contributed by atoms with Crippen LogP contribution in [0.1, 0.15) is 114 Å². The van der Waals surface area contributed by atoms with Crippen molar-refractivity contribution in [3.8, 4) is 0 Å². The van der Waals surface area contributed by atoms with Crippen molar-refractivity contribution in [2.24, 2.45) is 0 Å². The Labute approximate surface area is 580 Å². The summed E-state index contributed by atoms with van der Waals surface area (Å²) in [6, 6.07) is 42.5. The molecule has 4 aliphatic rings. The van der Waals surface area contributed by atoms with E-state index in [0.29, 0.717) is 60.4 Å². The number of likely N-dealkylation sites (tertiary alicyclic amines) is 2. The fourth-order valence-electron chi connectivity index (χ4n) is 14.0. The molecule has 492 valence electrons. The molecule has 0 unspecified atom stereocenters. The molecule has 8 aromatic heterocycles. The summed E-state index contributed by atoms with van der Waals surface area (Å²) < 4.78 is 0. The van der Waals surface area contributed by atoms with Crippen LogP contribution in [0.2, 0.25) is 0 Å². The summed E-state index contributed by atoms with van der Waals surface area (Å²) in [7, 11) is 8.74. The number of benzene rings is 4. The summed E-state index contributed by atoms with van der Waals surface area (Å²) in [4.78, 5) is 27.4. The zero-order valence-corrected chi connectivity index (χ0v) is 58.9. The highest BCUT2D eigenvalue weighted by molar-refractivity contribution is 7.13. The van der Waals surface area contributed by atoms with Crippen LogP contribution < -0.4 is 0 Å². The van der Waals surface area contributed by atoms with Gasteiger partial charge in [0.15, 0.2) is 0 Å². The van der Waals surface area contributed by atoms with E-state index in [2.05, 4.69) is 177 Å². The van der Waals surface area contributed by atoms with Crippen molar-refractivity contribution >= 4 is 123 Å². The number of likely N-dealkylation sites (N-methyl/N-ethyl adjacent to an activating group) is 2. The average Bonchev–Trinajstić information content (AvgIpc) is 1.67. The molecule has 16 heteroatoms. The first-order valence-corrected chi connectivity index (χ1v) is 37.3. The summed E-state index contributed by atoms with van der Waals surface area (Å²) in [6.07, 6.45) is 23.3. The molecule has 0 bridgehead atoms. The Morgan fingerprint density at radius 2 is 0.677 bits per heavy atom. The molecule has 12 heterocycles. The van der Waals surface area contributed by atoms with Crippen LogP contribution in [-0.4, -0.2) is 143 Å². The first kappa shape index (κ1) is 66.5. The van der Waals surface area contributed by atoms with Crippen molar-refractivity contribution in [2.45, 2.75) is 76.0 Å². The topological polar surface area (TPSA) is 172 Å². The predicted octanol–water partition coefficient (Wildman–Crippen LogP) is 18.4. The van der Waals surface area contributed by atoms with Gasteiger partial charge in [0.25, 0.3) is 0 Å². The molecule has 8 N–H and O–H groups in total. The average molecular weight is 1350 g/mol. The van der Waals surface area contributed by atoms with Gasteiger partial charge in [0.2, 0.25) is 0 Å². The minimum atomic E-state index is 0.655. The van der Waals surface area contributed by atoms with Crippen molar-refractivity contribution < 1.29 is 0 Å². The van der Waals surface area contributed by atoms with Crippen molar-refractivity contribution in [3.05, 3.63) is 244 Å². The maximum absolute atomic E-state index is 8.32. The van der Waals surface area contributed by atoms with Crippen LogP contribution in [0.15, 0.2) is 180 Å². The van der Waals surface area contributed by atoms with E-state index >= 15 is 0 Å². The van der Waals surface area contributed by atoms with Crippen molar-refractivity contribution in [2.75, 3.05) is 80.5 Å². The van der Waals surface area contributed by atoms with Crippen molar-refractivity contribution in [3.63, 3.8) is 0 Å². The highest BCUT2D eigenvalue weighted by Gasteiger charge is 2.24. The quantitative estimate of drug-likeness (QED) is 0.0451. The number of nitrogens with zero attached hydrogens (tertiary/aromatic N) is 4. The zero-order chi connectivity index (χ0) is 66.1. The number of aromatic amines is 4. The number of piperidine rings is 2. The Morgan fingerprint density at radius 3 is 0.969 bits per heavy atom. The van der Waals surface area contributed by atoms with Gasteiger partial charge in [-0.05, 0) is 244 Å². The maximum Gasteiger partial charge on any atom is 0.0529 e. The predicted molar refractivity (Wildman–Crippen MR) is 412 cm³/mol. The molecule has 12 aromatic rings. The lowest BCUT2D eigenvalue weighted by Crippen LogP contribution is -2.29. The first-order valence-electron chi connectivity index (χ1n) is 33.8. The maximum atomic E-state index is 8.32. The SMILES string of the molecule is CN1CC=C(c2c[nH]c3ccc(CC(=N)c4cccs4)cc23)CC1.CN1CC=C(c2c[nH]c3ccc(CC(=N)c4cccs4)cc23)CC1.CN1CCC(c2c[nH]c3ccc(CC(=N)c4cccs4)cc23)CC1.CN1CCC(c2c[nH]c3ccc(CC(=N)c4cccs4)cc23)CC1. The van der Waals surface area contributed by atoms with Gasteiger partial charge in [-0.2, -0.15) is 0 Å². The summed E-state index contributed by atoms with van der Waals surface area (Å²) in [6.45, 7) is 8.98. The second-order valence-electron chi connectivity index (χ2n) is 26.6. The van der Waals surface area contributed by atoms with Crippen LogP contribution in [0.5, 0.6) is 0 Å². The second kappa shape index (κ2) is 30.9. The lowest BCUT2D eigenvalue weighted by atomic mass is 9.89. The Kier molecular flexibility index (Phi) is 21.4. The van der Waals surface area contributed by atoms with E-state index in [9.17, 15) is 0 Å². The van der Waals surface area contributed by atoms with Gasteiger partial charge in [0.05, 0.1) is 22.8 Å². The number of rotatable bonds is 16. The Hall–Kier alpha value is -8.16. The number of aromatic nitrogens is 4. The molecule has 96 heavy (non-hydrogen) atoms. The molecule has 0 radical (unpaired) electrons. The van der Waals surface area contributed by atoms with Crippen LogP contribution in [0.4, 0.5) is 0 Å². The highest BCUT2D eigenvalue weighted by Crippen LogP contribution is 2.37.